The van der Waals surface area contributed by atoms with Crippen LogP contribution in [0.2, 0.25) is 0 Å². The molecular weight excluding hydrogens is 192 g/mol. The molecule has 0 aromatic rings. The van der Waals surface area contributed by atoms with E-state index < -0.39 is 0 Å². The van der Waals surface area contributed by atoms with E-state index in [1.807, 2.05) is 18.9 Å². The molecule has 0 spiro atoms. The van der Waals surface area contributed by atoms with Gasteiger partial charge < -0.3 is 14.7 Å². The third-order valence-electron chi connectivity index (χ3n) is 2.98. The molecule has 84 valence electrons. The summed E-state index contributed by atoms with van der Waals surface area (Å²) in [6.45, 7) is 6.21. The van der Waals surface area contributed by atoms with Gasteiger partial charge in [0, 0.05) is 39.6 Å². The zero-order chi connectivity index (χ0) is 10.8. The van der Waals surface area contributed by atoms with Crippen molar-refractivity contribution in [1.29, 1.82) is 0 Å². The van der Waals surface area contributed by atoms with Crippen molar-refractivity contribution in [3.63, 3.8) is 0 Å². The molecule has 1 saturated heterocycles. The van der Waals surface area contributed by atoms with Crippen molar-refractivity contribution in [3.05, 3.63) is 0 Å². The molecule has 15 heavy (non-hydrogen) atoms. The maximum absolute atomic E-state index is 11.5. The molecule has 1 amide bonds. The lowest BCUT2D eigenvalue weighted by Crippen LogP contribution is -2.56. The second-order valence-corrected chi connectivity index (χ2v) is 4.02. The number of guanidine groups is 1. The summed E-state index contributed by atoms with van der Waals surface area (Å²) >= 11 is 0. The number of nitrogens with zero attached hydrogens (tertiary/aromatic N) is 4. The van der Waals surface area contributed by atoms with E-state index in [4.69, 9.17) is 0 Å². The summed E-state index contributed by atoms with van der Waals surface area (Å²) in [6, 6.07) is 0. The van der Waals surface area contributed by atoms with Gasteiger partial charge in [-0.2, -0.15) is 0 Å². The van der Waals surface area contributed by atoms with Crippen LogP contribution < -0.4 is 0 Å². The molecule has 0 N–H and O–H groups in total. The molecule has 2 heterocycles. The van der Waals surface area contributed by atoms with Crippen LogP contribution >= 0.6 is 0 Å². The highest BCUT2D eigenvalue weighted by atomic mass is 16.2. The van der Waals surface area contributed by atoms with Gasteiger partial charge in [0.25, 0.3) is 0 Å². The Kier molecular flexibility index (Phi) is 2.79. The number of carbonyl (C=O) groups is 1. The number of rotatable bonds is 1. The molecule has 0 aromatic heterocycles. The Morgan fingerprint density at radius 2 is 2.00 bits per heavy atom. The maximum Gasteiger partial charge on any atom is 0.222 e. The Bertz CT molecular complexity index is 281. The first-order valence-electron chi connectivity index (χ1n) is 5.50. The van der Waals surface area contributed by atoms with E-state index in [-0.39, 0.29) is 5.91 Å². The van der Waals surface area contributed by atoms with Crippen LogP contribution in [-0.2, 0) is 4.79 Å². The first-order valence-corrected chi connectivity index (χ1v) is 5.50. The Morgan fingerprint density at radius 3 is 2.40 bits per heavy atom. The fourth-order valence-electron chi connectivity index (χ4n) is 2.00. The van der Waals surface area contributed by atoms with E-state index in [1.165, 1.54) is 0 Å². The fourth-order valence-corrected chi connectivity index (χ4v) is 2.00. The van der Waals surface area contributed by atoms with Crippen LogP contribution in [0.15, 0.2) is 4.99 Å². The molecule has 0 aromatic carbocycles. The van der Waals surface area contributed by atoms with E-state index in [9.17, 15) is 4.79 Å². The average Bonchev–Trinajstić information content (AvgIpc) is 2.27. The maximum atomic E-state index is 11.5. The molecular formula is C10H18N4O. The second-order valence-electron chi connectivity index (χ2n) is 4.02. The van der Waals surface area contributed by atoms with Gasteiger partial charge in [-0.15, -0.1) is 0 Å². The van der Waals surface area contributed by atoms with E-state index in [0.717, 1.165) is 38.8 Å². The lowest BCUT2D eigenvalue weighted by molar-refractivity contribution is -0.132. The van der Waals surface area contributed by atoms with Crippen molar-refractivity contribution >= 4 is 11.9 Å². The zero-order valence-corrected chi connectivity index (χ0v) is 9.44. The lowest BCUT2D eigenvalue weighted by Gasteiger charge is -2.41. The highest BCUT2D eigenvalue weighted by Crippen LogP contribution is 2.10. The van der Waals surface area contributed by atoms with Crippen molar-refractivity contribution in [3.8, 4) is 0 Å². The molecule has 5 heteroatoms. The van der Waals surface area contributed by atoms with Gasteiger partial charge in [-0.25, -0.2) is 4.99 Å². The number of hydrogen-bond donors (Lipinski definition) is 0. The van der Waals surface area contributed by atoms with E-state index in [2.05, 4.69) is 14.8 Å². The Balaban J connectivity index is 1.84. The third kappa shape index (κ3) is 1.91. The monoisotopic (exact) mass is 210 g/mol. The van der Waals surface area contributed by atoms with E-state index in [0.29, 0.717) is 6.42 Å². The molecule has 2 rings (SSSR count). The quantitative estimate of drug-likeness (QED) is 0.601. The molecule has 0 bridgehead atoms. The molecule has 2 aliphatic rings. The van der Waals surface area contributed by atoms with Gasteiger partial charge in [0.05, 0.1) is 0 Å². The molecule has 5 nitrogen and oxygen atoms in total. The number of hydrogen-bond acceptors (Lipinski definition) is 4. The summed E-state index contributed by atoms with van der Waals surface area (Å²) in [7, 11) is 2.05. The number of aliphatic imine (C=N–C) groups is 1. The first kappa shape index (κ1) is 10.3. The van der Waals surface area contributed by atoms with Gasteiger partial charge in [0.1, 0.15) is 6.67 Å². The Morgan fingerprint density at radius 1 is 1.33 bits per heavy atom. The first-order chi connectivity index (χ1) is 7.22. The van der Waals surface area contributed by atoms with Gasteiger partial charge >= 0.3 is 0 Å². The molecule has 0 aliphatic carbocycles. The SMILES string of the molecule is CCC(=O)N1CCN(C2=NCN2C)CC1. The Labute approximate surface area is 90.3 Å². The van der Waals surface area contributed by atoms with Gasteiger partial charge in [-0.3, -0.25) is 4.79 Å². The van der Waals surface area contributed by atoms with Crippen LogP contribution in [0.1, 0.15) is 13.3 Å². The molecule has 0 atom stereocenters. The van der Waals surface area contributed by atoms with Crippen LogP contribution in [0, 0.1) is 0 Å². The topological polar surface area (TPSA) is 39.2 Å². The van der Waals surface area contributed by atoms with Gasteiger partial charge in [-0.1, -0.05) is 6.92 Å². The average molecular weight is 210 g/mol. The predicted octanol–water partition coefficient (Wildman–Crippen LogP) is -0.200. The minimum atomic E-state index is 0.263. The predicted molar refractivity (Wildman–Crippen MR) is 58.5 cm³/mol. The van der Waals surface area contributed by atoms with Crippen LogP contribution in [0.4, 0.5) is 0 Å². The summed E-state index contributed by atoms with van der Waals surface area (Å²) in [5, 5.41) is 0. The van der Waals surface area contributed by atoms with Crippen LogP contribution in [0.25, 0.3) is 0 Å². The molecule has 2 aliphatic heterocycles. The normalized spacial score (nSPS) is 21.2. The van der Waals surface area contributed by atoms with Crippen molar-refractivity contribution in [2.75, 3.05) is 39.9 Å². The lowest BCUT2D eigenvalue weighted by atomic mass is 10.3. The highest BCUT2D eigenvalue weighted by Gasteiger charge is 2.26. The summed E-state index contributed by atoms with van der Waals surface area (Å²) in [6.07, 6.45) is 0.612. The standard InChI is InChI=1S/C10H18N4O/c1-3-9(15)13-4-6-14(7-5-13)10-11-8-12(10)2/h3-8H2,1-2H3. The largest absolute Gasteiger partial charge is 0.339 e. The van der Waals surface area contributed by atoms with Gasteiger partial charge in [0.15, 0.2) is 5.96 Å². The fraction of sp³-hybridized carbons (Fsp3) is 0.800. The summed E-state index contributed by atoms with van der Waals surface area (Å²) < 4.78 is 0. The molecule has 0 unspecified atom stereocenters. The van der Waals surface area contributed by atoms with E-state index >= 15 is 0 Å². The van der Waals surface area contributed by atoms with Gasteiger partial charge in [0.2, 0.25) is 5.91 Å². The van der Waals surface area contributed by atoms with Crippen molar-refractivity contribution < 1.29 is 4.79 Å². The summed E-state index contributed by atoms with van der Waals surface area (Å²) in [5.41, 5.74) is 0. The number of carbonyl (C=O) groups excluding carboxylic acids is 1. The van der Waals surface area contributed by atoms with Crippen molar-refractivity contribution in [2.45, 2.75) is 13.3 Å². The smallest absolute Gasteiger partial charge is 0.222 e. The van der Waals surface area contributed by atoms with Crippen LogP contribution in [-0.4, -0.2) is 66.5 Å². The Hall–Kier alpha value is -1.26. The minimum absolute atomic E-state index is 0.263. The summed E-state index contributed by atoms with van der Waals surface area (Å²) in [5.74, 6) is 1.34. The van der Waals surface area contributed by atoms with Crippen LogP contribution in [0.5, 0.6) is 0 Å². The van der Waals surface area contributed by atoms with Crippen molar-refractivity contribution in [2.24, 2.45) is 4.99 Å². The van der Waals surface area contributed by atoms with Crippen LogP contribution in [0.3, 0.4) is 0 Å². The highest BCUT2D eigenvalue weighted by molar-refractivity contribution is 5.84. The number of piperazine rings is 1. The van der Waals surface area contributed by atoms with E-state index in [1.54, 1.807) is 0 Å². The molecule has 0 saturated carbocycles. The molecule has 0 radical (unpaired) electrons. The van der Waals surface area contributed by atoms with Crippen molar-refractivity contribution in [1.82, 2.24) is 14.7 Å². The number of amides is 1. The second kappa shape index (κ2) is 4.08. The van der Waals surface area contributed by atoms with Gasteiger partial charge in [-0.05, 0) is 0 Å². The zero-order valence-electron chi connectivity index (χ0n) is 9.44. The minimum Gasteiger partial charge on any atom is -0.339 e. The molecule has 1 fully saturated rings. The third-order valence-corrected chi connectivity index (χ3v) is 2.98. The summed E-state index contributed by atoms with van der Waals surface area (Å²) in [4.78, 5) is 22.1.